The molecule has 0 fully saturated rings. The first-order valence-corrected chi connectivity index (χ1v) is 14.6. The van der Waals surface area contributed by atoms with Crippen LogP contribution in [0.25, 0.3) is 0 Å². The van der Waals surface area contributed by atoms with Crippen molar-refractivity contribution in [3.63, 3.8) is 0 Å². The first-order valence-electron chi connectivity index (χ1n) is 7.71. The number of hydrogen-bond donors (Lipinski definition) is 0. The van der Waals surface area contributed by atoms with E-state index in [-0.39, 0.29) is 0 Å². The average Bonchev–Trinajstić information content (AvgIpc) is 2.38. The largest absolute Gasteiger partial charge is 0.411 e. The molecule has 0 heterocycles. The summed E-state index contributed by atoms with van der Waals surface area (Å²) in [6.07, 6.45) is 8.85. The minimum absolute atomic E-state index is 0.509. The van der Waals surface area contributed by atoms with Crippen LogP contribution in [-0.4, -0.2) is 43.1 Å². The third-order valence-electron chi connectivity index (χ3n) is 3.02. The molecule has 0 amide bonds. The zero-order valence-corrected chi connectivity index (χ0v) is 18.1. The Balaban J connectivity index is 0. The molecule has 0 atom stereocenters. The zero-order chi connectivity index (χ0) is 15.1. The van der Waals surface area contributed by atoms with E-state index in [0.717, 1.165) is 0 Å². The molecule has 0 saturated carbocycles. The van der Waals surface area contributed by atoms with Gasteiger partial charge in [-0.1, -0.05) is 4.32 Å². The number of thiocarbonyl (C=S) groups is 1. The standard InChI is InChI=1S/3C4H9.C3H7NS2.Sn/c3*1-3-4-2;1-4(2)3(5)6;/h3*1,3-4H2,2H3;1-2H3,(H,5,6);/q;;;;+1/p-1. The van der Waals surface area contributed by atoms with Crippen molar-refractivity contribution in [3.8, 4) is 0 Å². The van der Waals surface area contributed by atoms with Gasteiger partial charge in [-0.25, -0.2) is 0 Å². The molecule has 0 aromatic carbocycles. The van der Waals surface area contributed by atoms with Crippen LogP contribution in [-0.2, 0) is 12.6 Å². The zero-order valence-electron chi connectivity index (χ0n) is 13.6. The van der Waals surface area contributed by atoms with Gasteiger partial charge in [0, 0.05) is 14.1 Å². The van der Waals surface area contributed by atoms with E-state index in [2.05, 4.69) is 45.6 Å². The van der Waals surface area contributed by atoms with Crippen molar-refractivity contribution in [3.05, 3.63) is 0 Å². The van der Waals surface area contributed by atoms with Gasteiger partial charge < -0.3 is 29.7 Å². The van der Waals surface area contributed by atoms with Crippen molar-refractivity contribution in [2.75, 3.05) is 14.1 Å². The quantitative estimate of drug-likeness (QED) is 0.290. The molecule has 0 aromatic heterocycles. The first kappa shape index (κ1) is 22.2. The Kier molecular flexibility index (Phi) is 19.8. The Morgan fingerprint density at radius 2 is 1.16 bits per heavy atom. The van der Waals surface area contributed by atoms with Gasteiger partial charge in [0.1, 0.15) is 0 Å². The first-order chi connectivity index (χ1) is 8.99. The Labute approximate surface area is 140 Å². The van der Waals surface area contributed by atoms with Gasteiger partial charge in [-0.05, 0) is 0 Å². The van der Waals surface area contributed by atoms with Crippen molar-refractivity contribution >= 4 is 48.9 Å². The summed E-state index contributed by atoms with van der Waals surface area (Å²) in [6, 6.07) is 0. The van der Waals surface area contributed by atoms with E-state index in [1.165, 1.54) is 38.5 Å². The van der Waals surface area contributed by atoms with E-state index < -0.39 is 19.8 Å². The van der Waals surface area contributed by atoms with Gasteiger partial charge in [0.25, 0.3) is 0 Å². The van der Waals surface area contributed by atoms with E-state index >= 15 is 0 Å². The average molecular weight is 410 g/mol. The molecule has 4 heteroatoms. The molecule has 0 aliphatic carbocycles. The van der Waals surface area contributed by atoms with E-state index in [0.29, 0.717) is 4.32 Å². The number of hydrogen-bond acceptors (Lipinski definition) is 2. The van der Waals surface area contributed by atoms with Gasteiger partial charge in [0.15, 0.2) is 0 Å². The normalized spacial score (nSPS) is 9.53. The molecule has 0 saturated heterocycles. The molecule has 0 aliphatic heterocycles. The molecule has 0 spiro atoms. The fourth-order valence-electron chi connectivity index (χ4n) is 1.66. The molecule has 0 radical (unpaired) electrons. The Morgan fingerprint density at radius 3 is 1.32 bits per heavy atom. The molecule has 114 valence electrons. The summed E-state index contributed by atoms with van der Waals surface area (Å²) in [4.78, 5) is 1.71. The summed E-state index contributed by atoms with van der Waals surface area (Å²) in [5.74, 6) is 0. The summed E-state index contributed by atoms with van der Waals surface area (Å²) in [5.41, 5.74) is 0. The summed E-state index contributed by atoms with van der Waals surface area (Å²) in [7, 11) is 3.66. The maximum atomic E-state index is 4.56. The Hall–Kier alpha value is 0.909. The Morgan fingerprint density at radius 1 is 0.895 bits per heavy atom. The summed E-state index contributed by atoms with van der Waals surface area (Å²) in [6.45, 7) is 7.00. The Bertz CT molecular complexity index is 180. The second kappa shape index (κ2) is 17.0. The minimum Gasteiger partial charge on any atom is -0.411 e. The molecule has 0 aromatic rings. The van der Waals surface area contributed by atoms with Gasteiger partial charge >= 0.3 is 92.4 Å². The molecule has 1 nitrogen and oxygen atoms in total. The van der Waals surface area contributed by atoms with Crippen LogP contribution in [0.15, 0.2) is 0 Å². The van der Waals surface area contributed by atoms with Crippen LogP contribution in [0.3, 0.4) is 0 Å². The van der Waals surface area contributed by atoms with Crippen LogP contribution in [0.4, 0.5) is 0 Å². The van der Waals surface area contributed by atoms with E-state index in [9.17, 15) is 0 Å². The monoisotopic (exact) mass is 411 g/mol. The maximum absolute atomic E-state index is 4.56. The minimum atomic E-state index is -0.839. The van der Waals surface area contributed by atoms with Crippen molar-refractivity contribution in [1.82, 2.24) is 4.90 Å². The fourth-order valence-corrected chi connectivity index (χ4v) is 11.1. The molecular formula is C15H33NS2Sn. The van der Waals surface area contributed by atoms with Crippen molar-refractivity contribution in [2.45, 2.75) is 72.6 Å². The van der Waals surface area contributed by atoms with E-state index in [1.54, 1.807) is 18.2 Å². The van der Waals surface area contributed by atoms with Crippen molar-refractivity contribution in [2.24, 2.45) is 0 Å². The van der Waals surface area contributed by atoms with Crippen LogP contribution < -0.4 is 0 Å². The SMILES string of the molecule is CCC[CH2][Sn+]([CH2]CCC)[CH2]CCC.CN(C)C(=S)[S-]. The second-order valence-electron chi connectivity index (χ2n) is 5.22. The van der Waals surface area contributed by atoms with Crippen LogP contribution >= 0.6 is 12.2 Å². The number of rotatable bonds is 9. The third-order valence-corrected chi connectivity index (χ3v) is 12.8. The molecular weight excluding hydrogens is 377 g/mol. The molecule has 0 N–H and O–H groups in total. The van der Waals surface area contributed by atoms with E-state index in [4.69, 9.17) is 0 Å². The molecule has 19 heavy (non-hydrogen) atoms. The van der Waals surface area contributed by atoms with Gasteiger partial charge in [-0.2, -0.15) is 0 Å². The molecule has 0 unspecified atom stereocenters. The number of nitrogens with zero attached hydrogens (tertiary/aromatic N) is 1. The predicted octanol–water partition coefficient (Wildman–Crippen LogP) is 5.26. The topological polar surface area (TPSA) is 3.24 Å². The van der Waals surface area contributed by atoms with Crippen LogP contribution in [0, 0.1) is 0 Å². The molecule has 0 rings (SSSR count). The smallest absolute Gasteiger partial charge is 0.00456 e. The predicted molar refractivity (Wildman–Crippen MR) is 98.5 cm³/mol. The van der Waals surface area contributed by atoms with Gasteiger partial charge in [-0.3, -0.25) is 0 Å². The summed E-state index contributed by atoms with van der Waals surface area (Å²) >= 11 is 8.28. The van der Waals surface area contributed by atoms with Crippen LogP contribution in [0.1, 0.15) is 59.3 Å². The fraction of sp³-hybridized carbons (Fsp3) is 0.933. The second-order valence-corrected chi connectivity index (χ2v) is 14.8. The van der Waals surface area contributed by atoms with Gasteiger partial charge in [0.2, 0.25) is 0 Å². The van der Waals surface area contributed by atoms with Crippen molar-refractivity contribution in [1.29, 1.82) is 0 Å². The van der Waals surface area contributed by atoms with Crippen LogP contribution in [0.5, 0.6) is 0 Å². The molecule has 0 bridgehead atoms. The van der Waals surface area contributed by atoms with Crippen molar-refractivity contribution < 1.29 is 0 Å². The summed E-state index contributed by atoms with van der Waals surface area (Å²) in [5, 5.41) is 0. The van der Waals surface area contributed by atoms with Crippen LogP contribution in [0.2, 0.25) is 13.3 Å². The summed E-state index contributed by atoms with van der Waals surface area (Å²) < 4.78 is 5.55. The van der Waals surface area contributed by atoms with E-state index in [1.807, 2.05) is 14.1 Å². The van der Waals surface area contributed by atoms with Gasteiger partial charge in [0.05, 0.1) is 0 Å². The molecule has 0 aliphatic rings. The number of unbranched alkanes of at least 4 members (excludes halogenated alkanes) is 3. The maximum Gasteiger partial charge on any atom is 0.00456 e. The van der Waals surface area contributed by atoms with Gasteiger partial charge in [-0.15, -0.1) is 0 Å². The third kappa shape index (κ3) is 18.9.